The van der Waals surface area contributed by atoms with Crippen LogP contribution in [0.25, 0.3) is 0 Å². The minimum atomic E-state index is -0.323. The van der Waals surface area contributed by atoms with Crippen molar-refractivity contribution in [2.24, 2.45) is 0 Å². The van der Waals surface area contributed by atoms with Crippen molar-refractivity contribution < 1.29 is 19.0 Å². The summed E-state index contributed by atoms with van der Waals surface area (Å²) in [5.41, 5.74) is 1.12. The molecule has 0 aromatic heterocycles. The molecule has 0 atom stereocenters. The minimum Gasteiger partial charge on any atom is -0.493 e. The Bertz CT molecular complexity index is 829. The summed E-state index contributed by atoms with van der Waals surface area (Å²) in [5, 5.41) is 5.94. The number of nitrogens with one attached hydrogen (secondary N) is 2. The van der Waals surface area contributed by atoms with Crippen molar-refractivity contribution in [1.29, 1.82) is 0 Å². The molecule has 31 heavy (non-hydrogen) atoms. The van der Waals surface area contributed by atoms with Gasteiger partial charge in [-0.1, -0.05) is 50.5 Å². The molecule has 0 saturated heterocycles. The lowest BCUT2D eigenvalue weighted by molar-refractivity contribution is 0.0973. The summed E-state index contributed by atoms with van der Waals surface area (Å²) in [5.74, 6) is 0.866. The number of benzene rings is 2. The van der Waals surface area contributed by atoms with E-state index in [1.165, 1.54) is 12.8 Å². The van der Waals surface area contributed by atoms with Crippen LogP contribution >= 0.6 is 12.2 Å². The number of rotatable bonds is 13. The van der Waals surface area contributed by atoms with Gasteiger partial charge in [0.05, 0.1) is 24.5 Å². The number of unbranched alkanes of at least 4 members (excludes halogenated alkanes) is 3. The Morgan fingerprint density at radius 2 is 1.58 bits per heavy atom. The molecule has 1 amide bonds. The van der Waals surface area contributed by atoms with Crippen LogP contribution in [0.2, 0.25) is 0 Å². The van der Waals surface area contributed by atoms with Crippen molar-refractivity contribution >= 4 is 28.9 Å². The molecule has 2 aromatic rings. The Morgan fingerprint density at radius 3 is 2.35 bits per heavy atom. The molecule has 168 valence electrons. The molecule has 0 spiro atoms. The Morgan fingerprint density at radius 1 is 0.871 bits per heavy atom. The second-order valence-electron chi connectivity index (χ2n) is 6.86. The lowest BCUT2D eigenvalue weighted by Crippen LogP contribution is -2.34. The third-order valence-electron chi connectivity index (χ3n) is 4.44. The van der Waals surface area contributed by atoms with Crippen molar-refractivity contribution in [3.05, 3.63) is 54.1 Å². The second-order valence-corrected chi connectivity index (χ2v) is 7.26. The molecular formula is C24H32N2O4S. The van der Waals surface area contributed by atoms with Crippen LogP contribution in [0, 0.1) is 0 Å². The first-order valence-electron chi connectivity index (χ1n) is 10.8. The van der Waals surface area contributed by atoms with Crippen LogP contribution in [0.4, 0.5) is 5.69 Å². The fraction of sp³-hybridized carbons (Fsp3) is 0.417. The van der Waals surface area contributed by atoms with Crippen molar-refractivity contribution in [1.82, 2.24) is 5.32 Å². The van der Waals surface area contributed by atoms with Gasteiger partial charge in [0.1, 0.15) is 18.1 Å². The first-order chi connectivity index (χ1) is 15.2. The van der Waals surface area contributed by atoms with Gasteiger partial charge in [-0.15, -0.1) is 0 Å². The van der Waals surface area contributed by atoms with Gasteiger partial charge in [0, 0.05) is 6.61 Å². The summed E-state index contributed by atoms with van der Waals surface area (Å²) in [7, 11) is 0. The van der Waals surface area contributed by atoms with Gasteiger partial charge in [-0.3, -0.25) is 10.1 Å². The Kier molecular flexibility index (Phi) is 11.4. The van der Waals surface area contributed by atoms with Crippen LogP contribution in [-0.2, 0) is 4.74 Å². The number of hydrogen-bond acceptors (Lipinski definition) is 5. The molecule has 0 heterocycles. The SMILES string of the molecule is CCCCCCOc1ccccc1C(=O)NC(=S)Nc1ccccc1OCCOCC. The van der Waals surface area contributed by atoms with E-state index in [0.717, 1.165) is 12.8 Å². The van der Waals surface area contributed by atoms with E-state index in [4.69, 9.17) is 26.4 Å². The molecule has 0 aliphatic heterocycles. The Balaban J connectivity index is 1.92. The summed E-state index contributed by atoms with van der Waals surface area (Å²) in [6.07, 6.45) is 4.43. The average Bonchev–Trinajstić information content (AvgIpc) is 2.78. The fourth-order valence-corrected chi connectivity index (χ4v) is 3.07. The highest BCUT2D eigenvalue weighted by Crippen LogP contribution is 2.24. The number of carbonyl (C=O) groups is 1. The van der Waals surface area contributed by atoms with Crippen molar-refractivity contribution in [3.63, 3.8) is 0 Å². The van der Waals surface area contributed by atoms with Gasteiger partial charge in [0.2, 0.25) is 0 Å². The molecule has 2 aromatic carbocycles. The van der Waals surface area contributed by atoms with E-state index in [1.54, 1.807) is 18.2 Å². The zero-order valence-corrected chi connectivity index (χ0v) is 19.1. The van der Waals surface area contributed by atoms with E-state index < -0.39 is 0 Å². The number of carbonyl (C=O) groups excluding carboxylic acids is 1. The second kappa shape index (κ2) is 14.4. The van der Waals surface area contributed by atoms with Crippen LogP contribution in [0.15, 0.2) is 48.5 Å². The van der Waals surface area contributed by atoms with Gasteiger partial charge in [0.25, 0.3) is 5.91 Å². The number of amides is 1. The molecular weight excluding hydrogens is 412 g/mol. The van der Waals surface area contributed by atoms with Gasteiger partial charge in [-0.05, 0) is 49.8 Å². The zero-order valence-electron chi connectivity index (χ0n) is 18.3. The Hall–Kier alpha value is -2.64. The molecule has 0 saturated carbocycles. The van der Waals surface area contributed by atoms with Gasteiger partial charge >= 0.3 is 0 Å². The van der Waals surface area contributed by atoms with Gasteiger partial charge in [0.15, 0.2) is 5.11 Å². The van der Waals surface area contributed by atoms with Crippen LogP contribution in [0.3, 0.4) is 0 Å². The molecule has 6 nitrogen and oxygen atoms in total. The van der Waals surface area contributed by atoms with Crippen molar-refractivity contribution in [2.45, 2.75) is 39.5 Å². The smallest absolute Gasteiger partial charge is 0.261 e. The normalized spacial score (nSPS) is 10.4. The summed E-state index contributed by atoms with van der Waals surface area (Å²) >= 11 is 5.34. The van der Waals surface area contributed by atoms with Crippen LogP contribution < -0.4 is 20.1 Å². The van der Waals surface area contributed by atoms with Crippen molar-refractivity contribution in [3.8, 4) is 11.5 Å². The van der Waals surface area contributed by atoms with Gasteiger partial charge < -0.3 is 19.5 Å². The third-order valence-corrected chi connectivity index (χ3v) is 4.64. The summed E-state index contributed by atoms with van der Waals surface area (Å²) in [4.78, 5) is 12.8. The molecule has 0 aliphatic rings. The number of para-hydroxylation sites is 3. The predicted molar refractivity (Wildman–Crippen MR) is 128 cm³/mol. The third kappa shape index (κ3) is 8.94. The molecule has 2 N–H and O–H groups in total. The number of ether oxygens (including phenoxy) is 3. The highest BCUT2D eigenvalue weighted by molar-refractivity contribution is 7.80. The molecule has 2 rings (SSSR count). The molecule has 0 radical (unpaired) electrons. The van der Waals surface area contributed by atoms with E-state index in [2.05, 4.69) is 17.6 Å². The minimum absolute atomic E-state index is 0.184. The highest BCUT2D eigenvalue weighted by atomic mass is 32.1. The van der Waals surface area contributed by atoms with E-state index in [1.807, 2.05) is 37.3 Å². The van der Waals surface area contributed by atoms with Crippen LogP contribution in [0.5, 0.6) is 11.5 Å². The largest absolute Gasteiger partial charge is 0.493 e. The van der Waals surface area contributed by atoms with E-state index in [-0.39, 0.29) is 11.0 Å². The monoisotopic (exact) mass is 444 g/mol. The Labute approximate surface area is 190 Å². The topological polar surface area (TPSA) is 68.8 Å². The van der Waals surface area contributed by atoms with Gasteiger partial charge in [-0.25, -0.2) is 0 Å². The highest BCUT2D eigenvalue weighted by Gasteiger charge is 2.14. The summed E-state index contributed by atoms with van der Waals surface area (Å²) < 4.78 is 16.9. The standard InChI is InChI=1S/C24H32N2O4S/c1-3-5-6-11-16-29-21-14-9-7-12-19(21)23(27)26-24(31)25-20-13-8-10-15-22(20)30-18-17-28-4-2/h7-10,12-15H,3-6,11,16-18H2,1-2H3,(H2,25,26,27,31). The van der Waals surface area contributed by atoms with E-state index in [0.29, 0.717) is 49.2 Å². The van der Waals surface area contributed by atoms with Crippen LogP contribution in [-0.4, -0.2) is 37.4 Å². The quantitative estimate of drug-likeness (QED) is 0.327. The molecule has 7 heteroatoms. The first kappa shape index (κ1) is 24.6. The number of hydrogen-bond donors (Lipinski definition) is 2. The summed E-state index contributed by atoms with van der Waals surface area (Å²) in [6.45, 7) is 6.26. The van der Waals surface area contributed by atoms with E-state index >= 15 is 0 Å². The zero-order chi connectivity index (χ0) is 22.3. The van der Waals surface area contributed by atoms with Crippen molar-refractivity contribution in [2.75, 3.05) is 31.7 Å². The average molecular weight is 445 g/mol. The molecule has 0 fully saturated rings. The fourth-order valence-electron chi connectivity index (χ4n) is 2.87. The van der Waals surface area contributed by atoms with E-state index in [9.17, 15) is 4.79 Å². The predicted octanol–water partition coefficient (Wildman–Crippen LogP) is 5.19. The number of anilines is 1. The lowest BCUT2D eigenvalue weighted by atomic mass is 10.2. The first-order valence-corrected chi connectivity index (χ1v) is 11.2. The molecule has 0 bridgehead atoms. The maximum Gasteiger partial charge on any atom is 0.261 e. The molecule has 0 unspecified atom stereocenters. The van der Waals surface area contributed by atoms with Gasteiger partial charge in [-0.2, -0.15) is 0 Å². The molecule has 0 aliphatic carbocycles. The lowest BCUT2D eigenvalue weighted by Gasteiger charge is -2.15. The maximum atomic E-state index is 12.8. The maximum absolute atomic E-state index is 12.8. The summed E-state index contributed by atoms with van der Waals surface area (Å²) in [6, 6.07) is 14.6. The van der Waals surface area contributed by atoms with Crippen LogP contribution in [0.1, 0.15) is 49.9 Å². The number of thiocarbonyl (C=S) groups is 1.